The zero-order chi connectivity index (χ0) is 19.7. The van der Waals surface area contributed by atoms with Gasteiger partial charge in [0.2, 0.25) is 5.91 Å². The maximum Gasteiger partial charge on any atom is 0.251 e. The number of amides is 2. The van der Waals surface area contributed by atoms with Gasteiger partial charge in [0.1, 0.15) is 0 Å². The third-order valence-electron chi connectivity index (χ3n) is 5.43. The smallest absolute Gasteiger partial charge is 0.251 e. The fraction of sp³-hybridized carbons (Fsp3) is 0.333. The summed E-state index contributed by atoms with van der Waals surface area (Å²) in [5.74, 6) is -2.09. The molecule has 7 heteroatoms. The molecule has 2 aromatic rings. The van der Waals surface area contributed by atoms with Gasteiger partial charge in [-0.2, -0.15) is 0 Å². The van der Waals surface area contributed by atoms with Crippen LogP contribution in [-0.2, 0) is 11.2 Å². The fourth-order valence-corrected chi connectivity index (χ4v) is 3.93. The summed E-state index contributed by atoms with van der Waals surface area (Å²) in [6.45, 7) is 1.30. The van der Waals surface area contributed by atoms with Crippen LogP contribution in [-0.4, -0.2) is 30.9 Å². The standard InChI is InChI=1S/C21H21F2N3O2/c22-16-4-1-12(10-17(16)23)15-7-8-24-11-19(15)26-21(28)14-2-5-18-13(9-14)3-6-20(27)25-18/h1-2,4-5,9-10,15,19,24H,3,6-8,11H2,(H,25,27)(H,26,28). The molecule has 0 bridgehead atoms. The van der Waals surface area contributed by atoms with Gasteiger partial charge in [0.05, 0.1) is 0 Å². The molecule has 0 spiro atoms. The van der Waals surface area contributed by atoms with E-state index in [1.165, 1.54) is 6.07 Å². The number of benzene rings is 2. The predicted molar refractivity (Wildman–Crippen MR) is 101 cm³/mol. The van der Waals surface area contributed by atoms with E-state index < -0.39 is 11.6 Å². The Morgan fingerprint density at radius 3 is 2.75 bits per heavy atom. The average molecular weight is 385 g/mol. The highest BCUT2D eigenvalue weighted by Gasteiger charge is 2.29. The van der Waals surface area contributed by atoms with Crippen LogP contribution in [0.15, 0.2) is 36.4 Å². The van der Waals surface area contributed by atoms with Gasteiger partial charge in [0.25, 0.3) is 5.91 Å². The summed E-state index contributed by atoms with van der Waals surface area (Å²) in [6, 6.07) is 8.91. The molecule has 2 amide bonds. The van der Waals surface area contributed by atoms with Crippen LogP contribution in [0, 0.1) is 11.6 Å². The minimum atomic E-state index is -0.877. The van der Waals surface area contributed by atoms with E-state index in [1.54, 1.807) is 24.3 Å². The number of hydrogen-bond acceptors (Lipinski definition) is 3. The number of halogens is 2. The van der Waals surface area contributed by atoms with Crippen molar-refractivity contribution in [2.45, 2.75) is 31.2 Å². The number of aryl methyl sites for hydroxylation is 1. The van der Waals surface area contributed by atoms with E-state index in [1.807, 2.05) is 0 Å². The Morgan fingerprint density at radius 2 is 1.93 bits per heavy atom. The second-order valence-corrected chi connectivity index (χ2v) is 7.27. The minimum absolute atomic E-state index is 0.0210. The van der Waals surface area contributed by atoms with Gasteiger partial charge in [-0.25, -0.2) is 8.78 Å². The SMILES string of the molecule is O=C1CCc2cc(C(=O)NC3CNCCC3c3ccc(F)c(F)c3)ccc2N1. The highest BCUT2D eigenvalue weighted by atomic mass is 19.2. The van der Waals surface area contributed by atoms with Gasteiger partial charge >= 0.3 is 0 Å². The maximum atomic E-state index is 13.7. The topological polar surface area (TPSA) is 70.2 Å². The van der Waals surface area contributed by atoms with Crippen molar-refractivity contribution < 1.29 is 18.4 Å². The Balaban J connectivity index is 1.52. The number of anilines is 1. The number of rotatable bonds is 3. The summed E-state index contributed by atoms with van der Waals surface area (Å²) in [5, 5.41) is 9.07. The van der Waals surface area contributed by atoms with Crippen LogP contribution in [0.25, 0.3) is 0 Å². The fourth-order valence-electron chi connectivity index (χ4n) is 3.93. The van der Waals surface area contributed by atoms with E-state index in [2.05, 4.69) is 16.0 Å². The van der Waals surface area contributed by atoms with Crippen LogP contribution in [0.3, 0.4) is 0 Å². The number of carbonyl (C=O) groups is 2. The second-order valence-electron chi connectivity index (χ2n) is 7.27. The van der Waals surface area contributed by atoms with Gasteiger partial charge in [0.15, 0.2) is 11.6 Å². The van der Waals surface area contributed by atoms with Gasteiger partial charge in [0, 0.05) is 36.2 Å². The molecular weight excluding hydrogens is 364 g/mol. The van der Waals surface area contributed by atoms with Gasteiger partial charge in [-0.05, 0) is 60.8 Å². The van der Waals surface area contributed by atoms with Crippen molar-refractivity contribution in [3.8, 4) is 0 Å². The third-order valence-corrected chi connectivity index (χ3v) is 5.43. The molecule has 2 atom stereocenters. The molecule has 5 nitrogen and oxygen atoms in total. The molecule has 1 saturated heterocycles. The summed E-state index contributed by atoms with van der Waals surface area (Å²) in [5.41, 5.74) is 2.88. The molecule has 28 heavy (non-hydrogen) atoms. The van der Waals surface area contributed by atoms with Gasteiger partial charge in [-0.15, -0.1) is 0 Å². The largest absolute Gasteiger partial charge is 0.347 e. The van der Waals surface area contributed by atoms with E-state index in [-0.39, 0.29) is 23.8 Å². The van der Waals surface area contributed by atoms with Crippen LogP contribution in [0.5, 0.6) is 0 Å². The van der Waals surface area contributed by atoms with Crippen molar-refractivity contribution in [2.75, 3.05) is 18.4 Å². The van der Waals surface area contributed by atoms with Crippen LogP contribution in [0.4, 0.5) is 14.5 Å². The van der Waals surface area contributed by atoms with E-state index in [9.17, 15) is 18.4 Å². The lowest BCUT2D eigenvalue weighted by Gasteiger charge is -2.33. The van der Waals surface area contributed by atoms with Gasteiger partial charge < -0.3 is 16.0 Å². The Kier molecular flexibility index (Phi) is 5.09. The van der Waals surface area contributed by atoms with E-state index in [4.69, 9.17) is 0 Å². The van der Waals surface area contributed by atoms with Crippen LogP contribution < -0.4 is 16.0 Å². The molecule has 0 radical (unpaired) electrons. The lowest BCUT2D eigenvalue weighted by atomic mass is 9.85. The first-order valence-electron chi connectivity index (χ1n) is 9.40. The van der Waals surface area contributed by atoms with E-state index in [0.29, 0.717) is 36.9 Å². The van der Waals surface area contributed by atoms with Crippen LogP contribution >= 0.6 is 0 Å². The zero-order valence-corrected chi connectivity index (χ0v) is 15.2. The summed E-state index contributed by atoms with van der Waals surface area (Å²) < 4.78 is 26.9. The summed E-state index contributed by atoms with van der Waals surface area (Å²) >= 11 is 0. The molecule has 146 valence electrons. The minimum Gasteiger partial charge on any atom is -0.347 e. The molecule has 0 aromatic heterocycles. The molecule has 0 aliphatic carbocycles. The summed E-state index contributed by atoms with van der Waals surface area (Å²) in [4.78, 5) is 24.3. The van der Waals surface area contributed by atoms with Crippen molar-refractivity contribution >= 4 is 17.5 Å². The molecular formula is C21H21F2N3O2. The van der Waals surface area contributed by atoms with Crippen molar-refractivity contribution in [3.63, 3.8) is 0 Å². The number of nitrogens with one attached hydrogen (secondary N) is 3. The highest BCUT2D eigenvalue weighted by molar-refractivity contribution is 5.98. The Labute approximate surface area is 161 Å². The van der Waals surface area contributed by atoms with E-state index >= 15 is 0 Å². The molecule has 2 unspecified atom stereocenters. The third kappa shape index (κ3) is 3.75. The Bertz CT molecular complexity index is 932. The van der Waals surface area contributed by atoms with Crippen molar-refractivity contribution in [3.05, 3.63) is 64.7 Å². The zero-order valence-electron chi connectivity index (χ0n) is 15.2. The first-order chi connectivity index (χ1) is 13.5. The van der Waals surface area contributed by atoms with Crippen molar-refractivity contribution in [2.24, 2.45) is 0 Å². The number of fused-ring (bicyclic) bond motifs is 1. The quantitative estimate of drug-likeness (QED) is 0.761. The summed E-state index contributed by atoms with van der Waals surface area (Å²) in [7, 11) is 0. The lowest BCUT2D eigenvalue weighted by molar-refractivity contribution is -0.116. The molecule has 2 aliphatic rings. The monoisotopic (exact) mass is 385 g/mol. The molecule has 2 aliphatic heterocycles. The molecule has 3 N–H and O–H groups in total. The Hall–Kier alpha value is -2.80. The lowest BCUT2D eigenvalue weighted by Crippen LogP contribution is -2.50. The highest BCUT2D eigenvalue weighted by Crippen LogP contribution is 2.28. The number of carbonyl (C=O) groups excluding carboxylic acids is 2. The Morgan fingerprint density at radius 1 is 1.07 bits per heavy atom. The van der Waals surface area contributed by atoms with Crippen molar-refractivity contribution in [1.82, 2.24) is 10.6 Å². The van der Waals surface area contributed by atoms with Crippen molar-refractivity contribution in [1.29, 1.82) is 0 Å². The molecule has 1 fully saturated rings. The average Bonchev–Trinajstić information content (AvgIpc) is 2.70. The summed E-state index contributed by atoms with van der Waals surface area (Å²) in [6.07, 6.45) is 1.72. The molecule has 4 rings (SSSR count). The normalized spacial score (nSPS) is 21.6. The van der Waals surface area contributed by atoms with Gasteiger partial charge in [-0.1, -0.05) is 6.07 Å². The molecule has 2 heterocycles. The maximum absolute atomic E-state index is 13.7. The first-order valence-corrected chi connectivity index (χ1v) is 9.40. The predicted octanol–water partition coefficient (Wildman–Crippen LogP) is 2.73. The molecule has 2 aromatic carbocycles. The van der Waals surface area contributed by atoms with Crippen LogP contribution in [0.2, 0.25) is 0 Å². The van der Waals surface area contributed by atoms with E-state index in [0.717, 1.165) is 23.9 Å². The second kappa shape index (κ2) is 7.67. The van der Waals surface area contributed by atoms with Gasteiger partial charge in [-0.3, -0.25) is 9.59 Å². The first kappa shape index (κ1) is 18.6. The molecule has 0 saturated carbocycles. The number of hydrogen-bond donors (Lipinski definition) is 3. The number of piperidine rings is 1. The van der Waals surface area contributed by atoms with Crippen LogP contribution in [0.1, 0.15) is 40.2 Å².